The molecule has 1 aromatic carbocycles. The Labute approximate surface area is 174 Å². The Balaban J connectivity index is 1.54. The van der Waals surface area contributed by atoms with Gasteiger partial charge >= 0.3 is 0 Å². The van der Waals surface area contributed by atoms with Crippen LogP contribution in [0.4, 0.5) is 5.82 Å². The second kappa shape index (κ2) is 7.27. The van der Waals surface area contributed by atoms with Crippen molar-refractivity contribution < 1.29 is 9.84 Å². The number of pyridine rings is 1. The van der Waals surface area contributed by atoms with Crippen LogP contribution in [0.3, 0.4) is 0 Å². The number of hydrogen-bond acceptors (Lipinski definition) is 7. The summed E-state index contributed by atoms with van der Waals surface area (Å²) < 4.78 is 7.44. The summed E-state index contributed by atoms with van der Waals surface area (Å²) in [6, 6.07) is 11.2. The van der Waals surface area contributed by atoms with E-state index < -0.39 is 6.10 Å². The van der Waals surface area contributed by atoms with Gasteiger partial charge in [0.1, 0.15) is 24.2 Å². The molecule has 0 amide bonds. The van der Waals surface area contributed by atoms with E-state index in [1.807, 2.05) is 37.5 Å². The summed E-state index contributed by atoms with van der Waals surface area (Å²) in [4.78, 5) is 7.04. The number of piperazine rings is 1. The van der Waals surface area contributed by atoms with Crippen LogP contribution in [0.25, 0.3) is 22.0 Å². The summed E-state index contributed by atoms with van der Waals surface area (Å²) in [5.41, 5.74) is 2.92. The zero-order valence-corrected chi connectivity index (χ0v) is 17.0. The number of benzene rings is 1. The lowest BCUT2D eigenvalue weighted by atomic mass is 9.91. The normalized spacial score (nSPS) is 21.2. The number of nitriles is 1. The van der Waals surface area contributed by atoms with Gasteiger partial charge in [0.25, 0.3) is 0 Å². The molecular weight excluding hydrogens is 380 g/mol. The van der Waals surface area contributed by atoms with E-state index in [0.717, 1.165) is 40.9 Å². The first kappa shape index (κ1) is 18.9. The van der Waals surface area contributed by atoms with Gasteiger partial charge in [-0.1, -0.05) is 0 Å². The predicted octanol–water partition coefficient (Wildman–Crippen LogP) is 1.82. The Morgan fingerprint density at radius 1 is 1.33 bits per heavy atom. The summed E-state index contributed by atoms with van der Waals surface area (Å²) in [6.45, 7) is 3.84. The van der Waals surface area contributed by atoms with Crippen molar-refractivity contribution in [3.63, 3.8) is 0 Å². The molecule has 2 bridgehead atoms. The zero-order valence-electron chi connectivity index (χ0n) is 17.0. The van der Waals surface area contributed by atoms with Crippen LogP contribution in [0.5, 0.6) is 5.75 Å². The first-order chi connectivity index (χ1) is 14.5. The molecule has 8 heteroatoms. The van der Waals surface area contributed by atoms with Gasteiger partial charge in [0, 0.05) is 55.4 Å². The molecule has 0 aliphatic carbocycles. The third kappa shape index (κ3) is 3.26. The van der Waals surface area contributed by atoms with Gasteiger partial charge in [-0.25, -0.2) is 4.98 Å². The van der Waals surface area contributed by atoms with E-state index in [2.05, 4.69) is 21.4 Å². The minimum Gasteiger partial charge on any atom is -0.491 e. The van der Waals surface area contributed by atoms with Crippen molar-refractivity contribution in [2.45, 2.75) is 31.5 Å². The molecule has 3 aliphatic heterocycles. The van der Waals surface area contributed by atoms with Gasteiger partial charge in [-0.05, 0) is 37.1 Å². The average Bonchev–Trinajstić information content (AvgIpc) is 3.07. The summed E-state index contributed by atoms with van der Waals surface area (Å²) in [7, 11) is 1.81. The average molecular weight is 404 g/mol. The van der Waals surface area contributed by atoms with E-state index in [1.54, 1.807) is 11.6 Å². The molecule has 3 atom stereocenters. The van der Waals surface area contributed by atoms with Gasteiger partial charge in [-0.2, -0.15) is 10.4 Å². The number of fused-ring (bicyclic) bond motifs is 3. The van der Waals surface area contributed by atoms with E-state index in [1.165, 1.54) is 6.42 Å². The van der Waals surface area contributed by atoms with Crippen LogP contribution >= 0.6 is 0 Å². The lowest BCUT2D eigenvalue weighted by Crippen LogP contribution is -2.67. The summed E-state index contributed by atoms with van der Waals surface area (Å²) in [6.07, 6.45) is 2.53. The van der Waals surface area contributed by atoms with Crippen molar-refractivity contribution in [2.75, 3.05) is 24.6 Å². The highest BCUT2D eigenvalue weighted by Gasteiger charge is 2.36. The van der Waals surface area contributed by atoms with Crippen molar-refractivity contribution in [1.82, 2.24) is 20.1 Å². The number of aromatic nitrogens is 3. The van der Waals surface area contributed by atoms with Gasteiger partial charge in [0.15, 0.2) is 5.69 Å². The largest absolute Gasteiger partial charge is 0.491 e. The second-order valence-electron chi connectivity index (χ2n) is 8.22. The molecule has 0 spiro atoms. The number of rotatable bonds is 5. The summed E-state index contributed by atoms with van der Waals surface area (Å²) in [5.74, 6) is 1.59. The Kier molecular flexibility index (Phi) is 4.57. The Morgan fingerprint density at radius 3 is 2.73 bits per heavy atom. The topological polar surface area (TPSA) is 99.2 Å². The van der Waals surface area contributed by atoms with Crippen LogP contribution < -0.4 is 15.0 Å². The molecule has 2 aromatic heterocycles. The molecule has 3 aromatic rings. The molecule has 3 aliphatic rings. The van der Waals surface area contributed by atoms with Crippen molar-refractivity contribution in [3.8, 4) is 22.9 Å². The van der Waals surface area contributed by atoms with Crippen LogP contribution in [-0.4, -0.2) is 57.8 Å². The molecule has 2 unspecified atom stereocenters. The number of aliphatic hydroxyl groups excluding tert-OH is 1. The van der Waals surface area contributed by atoms with E-state index >= 15 is 0 Å². The van der Waals surface area contributed by atoms with Gasteiger partial charge in [-0.3, -0.25) is 4.68 Å². The Hall–Kier alpha value is -3.15. The lowest BCUT2D eigenvalue weighted by molar-refractivity contribution is 0.123. The number of aryl methyl sites for hydroxylation is 1. The highest BCUT2D eigenvalue weighted by atomic mass is 16.5. The molecule has 30 heavy (non-hydrogen) atoms. The monoisotopic (exact) mass is 404 g/mol. The quantitative estimate of drug-likeness (QED) is 0.669. The number of aliphatic hydroxyl groups is 1. The molecule has 0 saturated carbocycles. The minimum absolute atomic E-state index is 0.191. The second-order valence-corrected chi connectivity index (χ2v) is 8.22. The van der Waals surface area contributed by atoms with E-state index in [-0.39, 0.29) is 6.61 Å². The van der Waals surface area contributed by atoms with E-state index in [4.69, 9.17) is 9.72 Å². The maximum absolute atomic E-state index is 9.59. The van der Waals surface area contributed by atoms with Gasteiger partial charge < -0.3 is 20.1 Å². The minimum atomic E-state index is -0.573. The number of anilines is 1. The molecule has 6 rings (SSSR count). The molecule has 0 radical (unpaired) electrons. The molecule has 3 fully saturated rings. The van der Waals surface area contributed by atoms with Crippen LogP contribution in [-0.2, 0) is 7.05 Å². The summed E-state index contributed by atoms with van der Waals surface area (Å²) >= 11 is 0. The van der Waals surface area contributed by atoms with Crippen molar-refractivity contribution >= 4 is 16.7 Å². The fourth-order valence-electron chi connectivity index (χ4n) is 4.40. The maximum atomic E-state index is 9.59. The maximum Gasteiger partial charge on any atom is 0.170 e. The SMILES string of the molecule is C[C@@H](O)COc1cc(-c2ccc(N3CC4CC(C3)N4)nc2)c2c(C#N)nn(C)c2c1. The molecular formula is C22H24N6O2. The highest BCUT2D eigenvalue weighted by Crippen LogP contribution is 2.35. The summed E-state index contributed by atoms with van der Waals surface area (Å²) in [5, 5.41) is 27.8. The molecule has 2 N–H and O–H groups in total. The van der Waals surface area contributed by atoms with Crippen LogP contribution in [0, 0.1) is 11.3 Å². The van der Waals surface area contributed by atoms with E-state index in [9.17, 15) is 10.4 Å². The Morgan fingerprint density at radius 2 is 2.10 bits per heavy atom. The highest BCUT2D eigenvalue weighted by molar-refractivity contribution is 5.99. The standard InChI is InChI=1S/C22H24N6O2/c1-13(29)12-30-17-6-18(22-19(8-23)26-27(2)20(22)7-17)14-3-4-21(24-9-14)28-10-15-5-16(11-28)25-15/h3-4,6-7,9,13,15-16,25,29H,5,10-12H2,1-2H3/t13-,15?,16?/m1/s1. The lowest BCUT2D eigenvalue weighted by Gasteiger charge is -2.48. The van der Waals surface area contributed by atoms with E-state index in [0.29, 0.717) is 23.5 Å². The van der Waals surface area contributed by atoms with Gasteiger partial charge in [0.2, 0.25) is 0 Å². The molecule has 3 saturated heterocycles. The smallest absolute Gasteiger partial charge is 0.170 e. The van der Waals surface area contributed by atoms with Gasteiger partial charge in [0.05, 0.1) is 11.6 Å². The third-order valence-electron chi connectivity index (χ3n) is 5.83. The van der Waals surface area contributed by atoms with Crippen molar-refractivity contribution in [1.29, 1.82) is 5.26 Å². The fourth-order valence-corrected chi connectivity index (χ4v) is 4.40. The third-order valence-corrected chi connectivity index (χ3v) is 5.83. The molecule has 8 nitrogen and oxygen atoms in total. The van der Waals surface area contributed by atoms with Crippen LogP contribution in [0.1, 0.15) is 19.0 Å². The predicted molar refractivity (Wildman–Crippen MR) is 113 cm³/mol. The first-order valence-corrected chi connectivity index (χ1v) is 10.2. The van der Waals surface area contributed by atoms with Gasteiger partial charge in [-0.15, -0.1) is 0 Å². The number of nitrogens with zero attached hydrogens (tertiary/aromatic N) is 5. The van der Waals surface area contributed by atoms with Crippen molar-refractivity contribution in [3.05, 3.63) is 36.2 Å². The van der Waals surface area contributed by atoms with Crippen LogP contribution in [0.2, 0.25) is 0 Å². The number of hydrogen-bond donors (Lipinski definition) is 2. The molecule has 5 heterocycles. The first-order valence-electron chi connectivity index (χ1n) is 10.2. The number of piperidine rings is 1. The fraction of sp³-hybridized carbons (Fsp3) is 0.409. The number of ether oxygens (including phenoxy) is 1. The zero-order chi connectivity index (χ0) is 20.8. The van der Waals surface area contributed by atoms with Crippen LogP contribution in [0.15, 0.2) is 30.5 Å². The Bertz CT molecular complexity index is 1120. The molecule has 154 valence electrons. The van der Waals surface area contributed by atoms with Crippen molar-refractivity contribution in [2.24, 2.45) is 7.05 Å². The number of nitrogens with one attached hydrogen (secondary N) is 1.